The van der Waals surface area contributed by atoms with Gasteiger partial charge in [-0.05, 0) is 36.2 Å². The molecule has 128 valence electrons. The normalized spacial score (nSPS) is 22.3. The fourth-order valence-corrected chi connectivity index (χ4v) is 3.47. The molecule has 1 aliphatic heterocycles. The molecule has 0 unspecified atom stereocenters. The van der Waals surface area contributed by atoms with E-state index in [1.165, 1.54) is 7.11 Å². The van der Waals surface area contributed by atoms with Gasteiger partial charge in [0.25, 0.3) is 0 Å². The van der Waals surface area contributed by atoms with Crippen molar-refractivity contribution in [1.82, 2.24) is 0 Å². The molecule has 1 aliphatic rings. The van der Waals surface area contributed by atoms with E-state index < -0.39 is 6.04 Å². The van der Waals surface area contributed by atoms with Crippen molar-refractivity contribution in [3.63, 3.8) is 0 Å². The van der Waals surface area contributed by atoms with Gasteiger partial charge in [0.2, 0.25) is 0 Å². The number of methoxy groups -OCH3 is 2. The third-order valence-corrected chi connectivity index (χ3v) is 4.64. The second-order valence-corrected chi connectivity index (χ2v) is 5.97. The molecule has 25 heavy (non-hydrogen) atoms. The molecule has 0 amide bonds. The van der Waals surface area contributed by atoms with E-state index in [2.05, 4.69) is 6.07 Å². The zero-order valence-corrected chi connectivity index (χ0v) is 14.3. The average Bonchev–Trinajstić information content (AvgIpc) is 3.07. The number of hydrogen-bond donors (Lipinski definition) is 0. The zero-order chi connectivity index (χ0) is 17.8. The number of rotatable bonds is 4. The Morgan fingerprint density at radius 2 is 1.80 bits per heavy atom. The molecule has 1 saturated heterocycles. The van der Waals surface area contributed by atoms with Crippen molar-refractivity contribution >= 4 is 11.7 Å². The van der Waals surface area contributed by atoms with E-state index >= 15 is 0 Å². The number of benzene rings is 2. The van der Waals surface area contributed by atoms with Gasteiger partial charge in [0.1, 0.15) is 11.8 Å². The monoisotopic (exact) mass is 336 g/mol. The Labute approximate surface area is 147 Å². The smallest absolute Gasteiger partial charge is 0.328 e. The van der Waals surface area contributed by atoms with Crippen LogP contribution in [0.5, 0.6) is 5.75 Å². The number of para-hydroxylation sites is 1. The average molecular weight is 336 g/mol. The molecule has 1 heterocycles. The van der Waals surface area contributed by atoms with Gasteiger partial charge in [0.15, 0.2) is 0 Å². The van der Waals surface area contributed by atoms with E-state index in [-0.39, 0.29) is 17.9 Å². The molecule has 0 aromatic heterocycles. The third kappa shape index (κ3) is 3.16. The number of carbonyl (C=O) groups excluding carboxylic acids is 1. The number of esters is 1. The summed E-state index contributed by atoms with van der Waals surface area (Å²) in [6, 6.07) is 19.0. The van der Waals surface area contributed by atoms with E-state index in [4.69, 9.17) is 9.47 Å². The number of ether oxygens (including phenoxy) is 2. The fourth-order valence-electron chi connectivity index (χ4n) is 3.47. The Hall–Kier alpha value is -3.00. The molecule has 0 aliphatic carbocycles. The number of nitriles is 1. The lowest BCUT2D eigenvalue weighted by Gasteiger charge is -2.32. The van der Waals surface area contributed by atoms with Crippen molar-refractivity contribution in [3.05, 3.63) is 60.2 Å². The summed E-state index contributed by atoms with van der Waals surface area (Å²) in [7, 11) is 3.00. The van der Waals surface area contributed by atoms with E-state index in [0.29, 0.717) is 6.42 Å². The zero-order valence-electron chi connectivity index (χ0n) is 14.3. The van der Waals surface area contributed by atoms with Crippen molar-refractivity contribution in [1.29, 1.82) is 5.26 Å². The van der Waals surface area contributed by atoms with Crippen LogP contribution in [0.2, 0.25) is 0 Å². The topological polar surface area (TPSA) is 62.6 Å². The summed E-state index contributed by atoms with van der Waals surface area (Å²) >= 11 is 0. The Kier molecular flexibility index (Phi) is 4.90. The van der Waals surface area contributed by atoms with E-state index in [0.717, 1.165) is 17.0 Å². The van der Waals surface area contributed by atoms with Crippen LogP contribution in [0.15, 0.2) is 54.6 Å². The summed E-state index contributed by atoms with van der Waals surface area (Å²) in [6.45, 7) is 0. The highest BCUT2D eigenvalue weighted by Crippen LogP contribution is 2.44. The second-order valence-electron chi connectivity index (χ2n) is 5.97. The van der Waals surface area contributed by atoms with E-state index in [1.807, 2.05) is 59.5 Å². The largest absolute Gasteiger partial charge is 0.497 e. The van der Waals surface area contributed by atoms with Gasteiger partial charge in [0, 0.05) is 5.69 Å². The predicted octanol–water partition coefficient (Wildman–Crippen LogP) is 3.33. The first-order chi connectivity index (χ1) is 12.2. The predicted molar refractivity (Wildman–Crippen MR) is 94.2 cm³/mol. The molecule has 2 aromatic carbocycles. The van der Waals surface area contributed by atoms with Crippen LogP contribution in [0.25, 0.3) is 0 Å². The molecule has 0 saturated carbocycles. The van der Waals surface area contributed by atoms with Gasteiger partial charge < -0.3 is 14.4 Å². The highest BCUT2D eigenvalue weighted by atomic mass is 16.5. The quantitative estimate of drug-likeness (QED) is 0.802. The minimum absolute atomic E-state index is 0.220. The Morgan fingerprint density at radius 1 is 1.12 bits per heavy atom. The molecular formula is C20H20N2O3. The molecule has 0 radical (unpaired) electrons. The molecule has 3 rings (SSSR count). The van der Waals surface area contributed by atoms with Crippen LogP contribution < -0.4 is 9.64 Å². The molecule has 5 nitrogen and oxygen atoms in total. The molecule has 5 heteroatoms. The lowest BCUT2D eigenvalue weighted by molar-refractivity contribution is -0.142. The molecule has 0 bridgehead atoms. The summed E-state index contributed by atoms with van der Waals surface area (Å²) in [5.74, 6) is 0.129. The van der Waals surface area contributed by atoms with Gasteiger partial charge in [-0.1, -0.05) is 30.3 Å². The van der Waals surface area contributed by atoms with Gasteiger partial charge in [-0.2, -0.15) is 5.26 Å². The van der Waals surface area contributed by atoms with Crippen molar-refractivity contribution in [2.45, 2.75) is 18.5 Å². The number of nitrogens with zero attached hydrogens (tertiary/aromatic N) is 2. The summed E-state index contributed by atoms with van der Waals surface area (Å²) in [6.07, 6.45) is 0.439. The minimum Gasteiger partial charge on any atom is -0.497 e. The molecule has 3 atom stereocenters. The standard InChI is InChI=1S/C20H20N2O3/c1-24-17-10-8-14(9-11-17)19-15(13-21)12-18(20(23)25-2)22(19)16-6-4-3-5-7-16/h3-11,15,18-19H,12H2,1-2H3/t15-,18-,19-/m1/s1. The Bertz CT molecular complexity index is 768. The van der Waals surface area contributed by atoms with Gasteiger partial charge in [-0.25, -0.2) is 4.79 Å². The summed E-state index contributed by atoms with van der Waals surface area (Å²) in [4.78, 5) is 14.3. The minimum atomic E-state index is -0.482. The number of hydrogen-bond acceptors (Lipinski definition) is 5. The summed E-state index contributed by atoms with van der Waals surface area (Å²) in [5.41, 5.74) is 1.87. The maximum atomic E-state index is 12.3. The highest BCUT2D eigenvalue weighted by Gasteiger charge is 2.46. The lowest BCUT2D eigenvalue weighted by atomic mass is 9.94. The van der Waals surface area contributed by atoms with Crippen molar-refractivity contribution in [2.75, 3.05) is 19.1 Å². The Morgan fingerprint density at radius 3 is 2.36 bits per heavy atom. The summed E-state index contributed by atoms with van der Waals surface area (Å²) in [5, 5.41) is 9.68. The van der Waals surface area contributed by atoms with Crippen LogP contribution >= 0.6 is 0 Å². The van der Waals surface area contributed by atoms with Crippen molar-refractivity contribution < 1.29 is 14.3 Å². The van der Waals surface area contributed by atoms with Gasteiger partial charge in [-0.3, -0.25) is 0 Å². The first-order valence-electron chi connectivity index (χ1n) is 8.14. The molecule has 0 spiro atoms. The van der Waals surface area contributed by atoms with Crippen LogP contribution in [0.3, 0.4) is 0 Å². The van der Waals surface area contributed by atoms with Crippen LogP contribution in [-0.2, 0) is 9.53 Å². The lowest BCUT2D eigenvalue weighted by Crippen LogP contribution is -2.38. The maximum absolute atomic E-state index is 12.3. The van der Waals surface area contributed by atoms with Crippen LogP contribution in [0, 0.1) is 17.2 Å². The van der Waals surface area contributed by atoms with E-state index in [1.54, 1.807) is 7.11 Å². The highest BCUT2D eigenvalue weighted by molar-refractivity contribution is 5.81. The van der Waals surface area contributed by atoms with Crippen molar-refractivity contribution in [2.24, 2.45) is 5.92 Å². The molecule has 2 aromatic rings. The van der Waals surface area contributed by atoms with Crippen molar-refractivity contribution in [3.8, 4) is 11.8 Å². The fraction of sp³-hybridized carbons (Fsp3) is 0.300. The number of anilines is 1. The maximum Gasteiger partial charge on any atom is 0.328 e. The van der Waals surface area contributed by atoms with Gasteiger partial charge >= 0.3 is 5.97 Å². The first kappa shape index (κ1) is 16.8. The van der Waals surface area contributed by atoms with E-state index in [9.17, 15) is 10.1 Å². The SMILES string of the molecule is COC(=O)[C@H]1C[C@H](C#N)[C@@H](c2ccc(OC)cc2)N1c1ccccc1. The van der Waals surface area contributed by atoms with Crippen LogP contribution in [0.4, 0.5) is 5.69 Å². The number of carbonyl (C=O) groups is 1. The second kappa shape index (κ2) is 7.27. The molecular weight excluding hydrogens is 316 g/mol. The summed E-state index contributed by atoms with van der Waals surface area (Å²) < 4.78 is 10.2. The third-order valence-electron chi connectivity index (χ3n) is 4.64. The van der Waals surface area contributed by atoms with Crippen LogP contribution in [-0.4, -0.2) is 26.2 Å². The Balaban J connectivity index is 2.07. The first-order valence-corrected chi connectivity index (χ1v) is 8.14. The molecule has 1 fully saturated rings. The molecule has 0 N–H and O–H groups in total. The van der Waals surface area contributed by atoms with Crippen LogP contribution in [0.1, 0.15) is 18.0 Å². The van der Waals surface area contributed by atoms with Gasteiger partial charge in [0.05, 0.1) is 32.2 Å². The van der Waals surface area contributed by atoms with Gasteiger partial charge in [-0.15, -0.1) is 0 Å².